The van der Waals surface area contributed by atoms with Gasteiger partial charge in [0.05, 0.1) is 6.17 Å². The second-order valence-electron chi connectivity index (χ2n) is 5.28. The first-order valence-corrected chi connectivity index (χ1v) is 6.16. The van der Waals surface area contributed by atoms with E-state index in [2.05, 4.69) is 5.32 Å². The molecule has 4 heteroatoms. The lowest BCUT2D eigenvalue weighted by atomic mass is 10.1. The highest BCUT2D eigenvalue weighted by atomic mass is 16.6. The quantitative estimate of drug-likeness (QED) is 0.807. The van der Waals surface area contributed by atoms with Crippen LogP contribution in [0.5, 0.6) is 0 Å². The fraction of sp³-hybridized carbons (Fsp3) is 0.500. The number of aryl methyl sites for hydroxylation is 1. The Morgan fingerprint density at radius 1 is 1.33 bits per heavy atom. The first-order chi connectivity index (χ1) is 8.37. The van der Waals surface area contributed by atoms with E-state index in [0.717, 1.165) is 6.42 Å². The van der Waals surface area contributed by atoms with Crippen LogP contribution >= 0.6 is 0 Å². The fourth-order valence-corrected chi connectivity index (χ4v) is 1.50. The molecule has 0 spiro atoms. The number of hydrogen-bond acceptors (Lipinski definition) is 3. The van der Waals surface area contributed by atoms with Crippen molar-refractivity contribution in [3.8, 4) is 0 Å². The van der Waals surface area contributed by atoms with Crippen molar-refractivity contribution in [1.82, 2.24) is 5.32 Å². The summed E-state index contributed by atoms with van der Waals surface area (Å²) in [5.74, 6) is 0. The minimum absolute atomic E-state index is 0.389. The number of carbonyl (C=O) groups is 1. The topological polar surface area (TPSA) is 64.3 Å². The lowest BCUT2D eigenvalue weighted by Crippen LogP contribution is -2.44. The SMILES string of the molecule is CC(C)(C)OC(=O)NC(N)CCc1ccccc1. The zero-order valence-electron chi connectivity index (χ0n) is 11.3. The maximum absolute atomic E-state index is 11.5. The molecule has 0 fully saturated rings. The number of alkyl carbamates (subject to hydrolysis) is 1. The van der Waals surface area contributed by atoms with Crippen LogP contribution < -0.4 is 11.1 Å². The molecule has 1 atom stereocenters. The van der Waals surface area contributed by atoms with E-state index in [1.807, 2.05) is 51.1 Å². The summed E-state index contributed by atoms with van der Waals surface area (Å²) in [7, 11) is 0. The molecule has 1 amide bonds. The van der Waals surface area contributed by atoms with Gasteiger partial charge in [-0.25, -0.2) is 4.79 Å². The Balaban J connectivity index is 2.29. The largest absolute Gasteiger partial charge is 0.444 e. The van der Waals surface area contributed by atoms with Crippen molar-refractivity contribution in [2.45, 2.75) is 45.4 Å². The molecule has 0 aliphatic rings. The predicted molar refractivity (Wildman–Crippen MR) is 72.1 cm³/mol. The monoisotopic (exact) mass is 250 g/mol. The Morgan fingerprint density at radius 2 is 1.94 bits per heavy atom. The molecule has 0 saturated heterocycles. The van der Waals surface area contributed by atoms with Crippen LogP contribution in [0.15, 0.2) is 30.3 Å². The van der Waals surface area contributed by atoms with Gasteiger partial charge in [-0.1, -0.05) is 30.3 Å². The van der Waals surface area contributed by atoms with Crippen LogP contribution in [0.25, 0.3) is 0 Å². The third kappa shape index (κ3) is 6.25. The number of nitrogens with two attached hydrogens (primary N) is 1. The van der Waals surface area contributed by atoms with E-state index in [9.17, 15) is 4.79 Å². The standard InChI is InChI=1S/C14H22N2O2/c1-14(2,3)18-13(17)16-12(15)10-9-11-7-5-4-6-8-11/h4-8,12H,9-10,15H2,1-3H3,(H,16,17). The van der Waals surface area contributed by atoms with Gasteiger partial charge in [-0.15, -0.1) is 0 Å². The van der Waals surface area contributed by atoms with Crippen LogP contribution in [0.1, 0.15) is 32.8 Å². The fourth-order valence-electron chi connectivity index (χ4n) is 1.50. The average Bonchev–Trinajstić information content (AvgIpc) is 2.25. The van der Waals surface area contributed by atoms with Crippen LogP contribution in [-0.2, 0) is 11.2 Å². The van der Waals surface area contributed by atoms with Gasteiger partial charge in [0.1, 0.15) is 5.60 Å². The van der Waals surface area contributed by atoms with E-state index in [1.54, 1.807) is 0 Å². The van der Waals surface area contributed by atoms with E-state index in [-0.39, 0.29) is 6.17 Å². The summed E-state index contributed by atoms with van der Waals surface area (Å²) in [6.45, 7) is 5.46. The molecule has 1 aromatic rings. The summed E-state index contributed by atoms with van der Waals surface area (Å²) in [5.41, 5.74) is 6.54. The number of nitrogens with one attached hydrogen (secondary N) is 1. The van der Waals surface area contributed by atoms with Crippen molar-refractivity contribution in [2.24, 2.45) is 5.73 Å². The van der Waals surface area contributed by atoms with Gasteiger partial charge in [-0.3, -0.25) is 0 Å². The molecule has 4 nitrogen and oxygen atoms in total. The van der Waals surface area contributed by atoms with E-state index < -0.39 is 11.7 Å². The van der Waals surface area contributed by atoms with Gasteiger partial charge in [0.15, 0.2) is 0 Å². The van der Waals surface area contributed by atoms with Gasteiger partial charge in [-0.05, 0) is 39.2 Å². The normalized spacial score (nSPS) is 12.9. The third-order valence-electron chi connectivity index (χ3n) is 2.29. The van der Waals surface area contributed by atoms with Crippen molar-refractivity contribution in [1.29, 1.82) is 0 Å². The highest BCUT2D eigenvalue weighted by molar-refractivity contribution is 5.67. The summed E-state index contributed by atoms with van der Waals surface area (Å²) in [6, 6.07) is 10.0. The molecule has 0 aliphatic carbocycles. The second-order valence-corrected chi connectivity index (χ2v) is 5.28. The Morgan fingerprint density at radius 3 is 2.50 bits per heavy atom. The Bertz CT molecular complexity index is 371. The molecule has 1 rings (SSSR count). The van der Waals surface area contributed by atoms with Crippen molar-refractivity contribution < 1.29 is 9.53 Å². The van der Waals surface area contributed by atoms with Crippen LogP contribution in [-0.4, -0.2) is 17.9 Å². The second kappa shape index (κ2) is 6.40. The van der Waals surface area contributed by atoms with E-state index >= 15 is 0 Å². The van der Waals surface area contributed by atoms with Crippen LogP contribution in [0.2, 0.25) is 0 Å². The lowest BCUT2D eigenvalue weighted by molar-refractivity contribution is 0.0503. The van der Waals surface area contributed by atoms with Crippen LogP contribution in [0, 0.1) is 0 Å². The summed E-state index contributed by atoms with van der Waals surface area (Å²) in [6.07, 6.45) is 0.657. The number of ether oxygens (including phenoxy) is 1. The number of rotatable bonds is 4. The Labute approximate surface area is 109 Å². The average molecular weight is 250 g/mol. The molecule has 0 saturated carbocycles. The molecule has 1 aromatic carbocycles. The summed E-state index contributed by atoms with van der Waals surface area (Å²) in [4.78, 5) is 11.5. The van der Waals surface area contributed by atoms with Gasteiger partial charge >= 0.3 is 6.09 Å². The molecule has 0 heterocycles. The highest BCUT2D eigenvalue weighted by Crippen LogP contribution is 2.07. The zero-order valence-corrected chi connectivity index (χ0v) is 11.3. The first kappa shape index (κ1) is 14.5. The van der Waals surface area contributed by atoms with Crippen LogP contribution in [0.4, 0.5) is 4.79 Å². The highest BCUT2D eigenvalue weighted by Gasteiger charge is 2.17. The molecular formula is C14H22N2O2. The number of amides is 1. The van der Waals surface area contributed by atoms with Gasteiger partial charge in [0.25, 0.3) is 0 Å². The first-order valence-electron chi connectivity index (χ1n) is 6.16. The maximum atomic E-state index is 11.5. The number of carbonyl (C=O) groups excluding carboxylic acids is 1. The molecule has 1 unspecified atom stereocenters. The smallest absolute Gasteiger partial charge is 0.408 e. The molecular weight excluding hydrogens is 228 g/mol. The van der Waals surface area contributed by atoms with Gasteiger partial charge in [0, 0.05) is 0 Å². The van der Waals surface area contributed by atoms with Crippen molar-refractivity contribution >= 4 is 6.09 Å². The summed E-state index contributed by atoms with van der Waals surface area (Å²) < 4.78 is 5.13. The molecule has 0 aromatic heterocycles. The van der Waals surface area contributed by atoms with E-state index in [0.29, 0.717) is 6.42 Å². The lowest BCUT2D eigenvalue weighted by Gasteiger charge is -2.21. The molecule has 3 N–H and O–H groups in total. The zero-order chi connectivity index (χ0) is 13.6. The molecule has 0 bridgehead atoms. The van der Waals surface area contributed by atoms with Crippen molar-refractivity contribution in [2.75, 3.05) is 0 Å². The Kier molecular flexibility index (Phi) is 5.16. The number of hydrogen-bond donors (Lipinski definition) is 2. The van der Waals surface area contributed by atoms with E-state index in [4.69, 9.17) is 10.5 Å². The Hall–Kier alpha value is -1.55. The van der Waals surface area contributed by atoms with Gasteiger partial charge < -0.3 is 15.8 Å². The molecule has 0 aliphatic heterocycles. The minimum Gasteiger partial charge on any atom is -0.444 e. The number of benzene rings is 1. The van der Waals surface area contributed by atoms with Crippen molar-refractivity contribution in [3.05, 3.63) is 35.9 Å². The minimum atomic E-state index is -0.497. The molecule has 100 valence electrons. The molecule has 18 heavy (non-hydrogen) atoms. The van der Waals surface area contributed by atoms with Crippen molar-refractivity contribution in [3.63, 3.8) is 0 Å². The molecule has 0 radical (unpaired) electrons. The third-order valence-corrected chi connectivity index (χ3v) is 2.29. The summed E-state index contributed by atoms with van der Waals surface area (Å²) >= 11 is 0. The van der Waals surface area contributed by atoms with Gasteiger partial charge in [-0.2, -0.15) is 0 Å². The van der Waals surface area contributed by atoms with Gasteiger partial charge in [0.2, 0.25) is 0 Å². The maximum Gasteiger partial charge on any atom is 0.408 e. The predicted octanol–water partition coefficient (Wildman–Crippen LogP) is 2.43. The summed E-state index contributed by atoms with van der Waals surface area (Å²) in [5, 5.41) is 2.62. The van der Waals surface area contributed by atoms with E-state index in [1.165, 1.54) is 5.56 Å². The van der Waals surface area contributed by atoms with Crippen LogP contribution in [0.3, 0.4) is 0 Å².